The summed E-state index contributed by atoms with van der Waals surface area (Å²) in [5, 5.41) is 13.2. The van der Waals surface area contributed by atoms with E-state index in [1.807, 2.05) is 4.90 Å². The van der Waals surface area contributed by atoms with Crippen LogP contribution in [0.2, 0.25) is 5.02 Å². The molecule has 1 aliphatic rings. The summed E-state index contributed by atoms with van der Waals surface area (Å²) in [6.07, 6.45) is 0. The van der Waals surface area contributed by atoms with Gasteiger partial charge in [0, 0.05) is 43.1 Å². The van der Waals surface area contributed by atoms with Crippen LogP contribution in [-0.2, 0) is 10.0 Å². The average molecular weight is 372 g/mol. The summed E-state index contributed by atoms with van der Waals surface area (Å²) >= 11 is 6.00. The number of hydrogen-bond donors (Lipinski definition) is 2. The standard InChI is InChI=1S/C14H18ClN5O3S/c15-10-1-2-12-11(9-10)13(18-17-12)14(21)20-5-3-19(4-6-20)7-8-24(16,22)23/h1-2,9H,3-8H2,(H,17,18)(H2,16,22,23). The molecule has 0 radical (unpaired) electrons. The molecule has 0 atom stereocenters. The molecule has 1 saturated heterocycles. The minimum Gasteiger partial charge on any atom is -0.335 e. The van der Waals surface area contributed by atoms with Gasteiger partial charge >= 0.3 is 0 Å². The van der Waals surface area contributed by atoms with Gasteiger partial charge in [0.15, 0.2) is 5.69 Å². The monoisotopic (exact) mass is 371 g/mol. The maximum atomic E-state index is 12.7. The number of carbonyl (C=O) groups is 1. The number of aromatic nitrogens is 2. The number of fused-ring (bicyclic) bond motifs is 1. The Kier molecular flexibility index (Phi) is 4.77. The van der Waals surface area contributed by atoms with Crippen molar-refractivity contribution in [2.75, 3.05) is 38.5 Å². The van der Waals surface area contributed by atoms with Crippen molar-refractivity contribution in [3.63, 3.8) is 0 Å². The van der Waals surface area contributed by atoms with E-state index in [9.17, 15) is 13.2 Å². The van der Waals surface area contributed by atoms with E-state index in [1.165, 1.54) is 0 Å². The summed E-state index contributed by atoms with van der Waals surface area (Å²) in [6.45, 7) is 2.60. The SMILES string of the molecule is NS(=O)(=O)CCN1CCN(C(=O)c2n[nH]c3ccc(Cl)cc23)CC1. The van der Waals surface area contributed by atoms with Crippen molar-refractivity contribution >= 4 is 38.4 Å². The average Bonchev–Trinajstić information content (AvgIpc) is 2.95. The van der Waals surface area contributed by atoms with Crippen LogP contribution in [-0.4, -0.2) is 72.8 Å². The quantitative estimate of drug-likeness (QED) is 0.800. The molecule has 2 heterocycles. The lowest BCUT2D eigenvalue weighted by Crippen LogP contribution is -2.50. The number of rotatable bonds is 4. The molecular weight excluding hydrogens is 354 g/mol. The normalized spacial score (nSPS) is 16.7. The van der Waals surface area contributed by atoms with Crippen molar-refractivity contribution in [1.29, 1.82) is 0 Å². The van der Waals surface area contributed by atoms with E-state index >= 15 is 0 Å². The lowest BCUT2D eigenvalue weighted by molar-refractivity contribution is 0.0640. The van der Waals surface area contributed by atoms with Crippen LogP contribution in [0.5, 0.6) is 0 Å². The number of H-pyrrole nitrogens is 1. The first kappa shape index (κ1) is 17.2. The molecule has 1 aliphatic heterocycles. The highest BCUT2D eigenvalue weighted by Gasteiger charge is 2.25. The Balaban J connectivity index is 1.65. The van der Waals surface area contributed by atoms with Gasteiger partial charge in [0.2, 0.25) is 10.0 Å². The second-order valence-electron chi connectivity index (χ2n) is 5.76. The van der Waals surface area contributed by atoms with Crippen LogP contribution >= 0.6 is 11.6 Å². The van der Waals surface area contributed by atoms with E-state index in [0.29, 0.717) is 48.8 Å². The van der Waals surface area contributed by atoms with Crippen molar-refractivity contribution in [2.24, 2.45) is 5.14 Å². The molecule has 3 N–H and O–H groups in total. The smallest absolute Gasteiger partial charge is 0.275 e. The first-order chi connectivity index (χ1) is 11.3. The Hall–Kier alpha value is -1.68. The fourth-order valence-electron chi connectivity index (χ4n) is 2.73. The van der Waals surface area contributed by atoms with Gasteiger partial charge in [0.1, 0.15) is 0 Å². The highest BCUT2D eigenvalue weighted by Crippen LogP contribution is 2.22. The molecule has 130 valence electrons. The van der Waals surface area contributed by atoms with Crippen molar-refractivity contribution in [1.82, 2.24) is 20.0 Å². The van der Waals surface area contributed by atoms with Crippen LogP contribution in [0.4, 0.5) is 0 Å². The second kappa shape index (κ2) is 6.67. The highest BCUT2D eigenvalue weighted by atomic mass is 35.5. The van der Waals surface area contributed by atoms with E-state index in [-0.39, 0.29) is 11.7 Å². The third-order valence-corrected chi connectivity index (χ3v) is 5.07. The molecule has 1 aromatic heterocycles. The molecule has 1 aromatic carbocycles. The summed E-state index contributed by atoms with van der Waals surface area (Å²) in [5.74, 6) is -0.238. The van der Waals surface area contributed by atoms with Gasteiger partial charge in [-0.05, 0) is 18.2 Å². The predicted octanol–water partition coefficient (Wildman–Crippen LogP) is 0.263. The number of nitrogens with zero attached hydrogens (tertiary/aromatic N) is 3. The van der Waals surface area contributed by atoms with E-state index in [1.54, 1.807) is 23.1 Å². The zero-order valence-electron chi connectivity index (χ0n) is 12.9. The van der Waals surface area contributed by atoms with Crippen molar-refractivity contribution < 1.29 is 13.2 Å². The Labute approximate surface area is 144 Å². The van der Waals surface area contributed by atoms with Gasteiger partial charge in [-0.1, -0.05) is 11.6 Å². The molecule has 0 saturated carbocycles. The van der Waals surface area contributed by atoms with Gasteiger partial charge < -0.3 is 4.90 Å². The molecule has 0 bridgehead atoms. The lowest BCUT2D eigenvalue weighted by atomic mass is 10.2. The van der Waals surface area contributed by atoms with Gasteiger partial charge in [0.05, 0.1) is 11.3 Å². The zero-order chi connectivity index (χ0) is 17.3. The minimum atomic E-state index is -3.47. The molecule has 0 spiro atoms. The molecule has 1 amide bonds. The third-order valence-electron chi connectivity index (χ3n) is 4.08. The van der Waals surface area contributed by atoms with Crippen LogP contribution in [0, 0.1) is 0 Å². The minimum absolute atomic E-state index is 0.0799. The Morgan fingerprint density at radius 3 is 2.67 bits per heavy atom. The second-order valence-corrected chi connectivity index (χ2v) is 7.93. The van der Waals surface area contributed by atoms with Gasteiger partial charge in [-0.25, -0.2) is 13.6 Å². The molecular formula is C14H18ClN5O3S. The predicted molar refractivity (Wildman–Crippen MR) is 91.4 cm³/mol. The number of sulfonamides is 1. The Bertz CT molecular complexity index is 858. The number of benzene rings is 1. The number of hydrogen-bond acceptors (Lipinski definition) is 5. The van der Waals surface area contributed by atoms with Gasteiger partial charge in [-0.2, -0.15) is 5.10 Å². The number of amides is 1. The number of nitrogens with one attached hydrogen (secondary N) is 1. The summed E-state index contributed by atoms with van der Waals surface area (Å²) < 4.78 is 22.0. The molecule has 24 heavy (non-hydrogen) atoms. The molecule has 1 fully saturated rings. The molecule has 0 aliphatic carbocycles. The molecule has 2 aromatic rings. The first-order valence-electron chi connectivity index (χ1n) is 7.49. The maximum absolute atomic E-state index is 12.7. The third kappa shape index (κ3) is 3.86. The Morgan fingerprint density at radius 1 is 1.29 bits per heavy atom. The maximum Gasteiger partial charge on any atom is 0.275 e. The van der Waals surface area contributed by atoms with Crippen LogP contribution in [0.1, 0.15) is 10.5 Å². The van der Waals surface area contributed by atoms with E-state index < -0.39 is 10.0 Å². The number of piperazine rings is 1. The number of nitrogens with two attached hydrogens (primary N) is 1. The van der Waals surface area contributed by atoms with Crippen LogP contribution in [0.3, 0.4) is 0 Å². The summed E-state index contributed by atoms with van der Waals surface area (Å²) in [6, 6.07) is 5.24. The van der Waals surface area contributed by atoms with E-state index in [4.69, 9.17) is 16.7 Å². The Morgan fingerprint density at radius 2 is 2.00 bits per heavy atom. The molecule has 10 heteroatoms. The van der Waals surface area contributed by atoms with Crippen molar-refractivity contribution in [3.05, 3.63) is 28.9 Å². The van der Waals surface area contributed by atoms with Crippen molar-refractivity contribution in [2.45, 2.75) is 0 Å². The topological polar surface area (TPSA) is 112 Å². The summed E-state index contributed by atoms with van der Waals surface area (Å²) in [4.78, 5) is 16.4. The highest BCUT2D eigenvalue weighted by molar-refractivity contribution is 7.89. The zero-order valence-corrected chi connectivity index (χ0v) is 14.5. The largest absolute Gasteiger partial charge is 0.335 e. The van der Waals surface area contributed by atoms with Crippen molar-refractivity contribution in [3.8, 4) is 0 Å². The number of halogens is 1. The van der Waals surface area contributed by atoms with E-state index in [2.05, 4.69) is 10.2 Å². The van der Waals surface area contributed by atoms with Crippen LogP contribution in [0.15, 0.2) is 18.2 Å². The number of aromatic amines is 1. The molecule has 3 rings (SSSR count). The summed E-state index contributed by atoms with van der Waals surface area (Å²) in [7, 11) is -3.47. The van der Waals surface area contributed by atoms with Crippen LogP contribution in [0.25, 0.3) is 10.9 Å². The molecule has 8 nitrogen and oxygen atoms in total. The van der Waals surface area contributed by atoms with Gasteiger partial charge in [-0.3, -0.25) is 14.8 Å². The van der Waals surface area contributed by atoms with Gasteiger partial charge in [-0.15, -0.1) is 0 Å². The van der Waals surface area contributed by atoms with Gasteiger partial charge in [0.25, 0.3) is 5.91 Å². The molecule has 0 unspecified atom stereocenters. The number of carbonyl (C=O) groups excluding carboxylic acids is 1. The summed E-state index contributed by atoms with van der Waals surface area (Å²) in [5.41, 5.74) is 1.11. The van der Waals surface area contributed by atoms with Crippen LogP contribution < -0.4 is 5.14 Å². The van der Waals surface area contributed by atoms with E-state index in [0.717, 1.165) is 5.52 Å². The number of primary sulfonamides is 1. The first-order valence-corrected chi connectivity index (χ1v) is 9.58. The lowest BCUT2D eigenvalue weighted by Gasteiger charge is -2.34. The fourth-order valence-corrected chi connectivity index (χ4v) is 3.41. The fraction of sp³-hybridized carbons (Fsp3) is 0.429.